The number of benzene rings is 3. The van der Waals surface area contributed by atoms with Gasteiger partial charge in [-0.1, -0.05) is 35.9 Å². The molecule has 0 bridgehead atoms. The highest BCUT2D eigenvalue weighted by atomic mass is 127. The van der Waals surface area contributed by atoms with Gasteiger partial charge in [-0.05, 0) is 84.0 Å². The third-order valence-electron chi connectivity index (χ3n) is 4.83. The highest BCUT2D eigenvalue weighted by Crippen LogP contribution is 2.22. The first-order valence-electron chi connectivity index (χ1n) is 9.76. The van der Waals surface area contributed by atoms with E-state index in [4.69, 9.17) is 21.3 Å². The number of hydrogen-bond donors (Lipinski definition) is 0. The van der Waals surface area contributed by atoms with Gasteiger partial charge in [-0.2, -0.15) is 0 Å². The third-order valence-corrected chi connectivity index (χ3v) is 5.98. The molecule has 0 saturated carbocycles. The standard InChI is InChI=1S/C24H20ClIN2O2/c25-18-13-11-17(12-14-18)23-27-21-9-3-1-7-19(21)24(29)28(23)15-5-6-16-30-22-10-4-2-8-20(22)26/h1-4,7-14H,5-6,15-16H2. The maximum Gasteiger partial charge on any atom is 0.261 e. The lowest BCUT2D eigenvalue weighted by Crippen LogP contribution is -2.24. The zero-order valence-electron chi connectivity index (χ0n) is 16.2. The lowest BCUT2D eigenvalue weighted by Gasteiger charge is -2.14. The first-order chi connectivity index (χ1) is 14.6. The number of halogens is 2. The van der Waals surface area contributed by atoms with Crippen LogP contribution >= 0.6 is 34.2 Å². The highest BCUT2D eigenvalue weighted by molar-refractivity contribution is 14.1. The predicted molar refractivity (Wildman–Crippen MR) is 130 cm³/mol. The maximum atomic E-state index is 13.2. The van der Waals surface area contributed by atoms with Gasteiger partial charge in [0.05, 0.1) is 21.1 Å². The van der Waals surface area contributed by atoms with Crippen LogP contribution in [0.2, 0.25) is 5.02 Å². The molecule has 6 heteroatoms. The number of rotatable bonds is 7. The van der Waals surface area contributed by atoms with Crippen molar-refractivity contribution < 1.29 is 4.74 Å². The number of para-hydroxylation sites is 2. The summed E-state index contributed by atoms with van der Waals surface area (Å²) >= 11 is 8.31. The predicted octanol–water partition coefficient (Wildman–Crippen LogP) is 6.18. The van der Waals surface area contributed by atoms with Gasteiger partial charge in [0, 0.05) is 17.1 Å². The van der Waals surface area contributed by atoms with Crippen molar-refractivity contribution in [3.8, 4) is 17.1 Å². The Morgan fingerprint density at radius 1 is 0.933 bits per heavy atom. The van der Waals surface area contributed by atoms with Crippen LogP contribution in [0.3, 0.4) is 0 Å². The van der Waals surface area contributed by atoms with Gasteiger partial charge >= 0.3 is 0 Å². The van der Waals surface area contributed by atoms with Gasteiger partial charge in [-0.15, -0.1) is 0 Å². The molecule has 4 aromatic rings. The molecule has 0 spiro atoms. The van der Waals surface area contributed by atoms with Gasteiger partial charge in [0.2, 0.25) is 0 Å². The fourth-order valence-corrected chi connectivity index (χ4v) is 3.98. The summed E-state index contributed by atoms with van der Waals surface area (Å²) in [6.07, 6.45) is 1.65. The largest absolute Gasteiger partial charge is 0.492 e. The van der Waals surface area contributed by atoms with Gasteiger partial charge in [-0.3, -0.25) is 9.36 Å². The van der Waals surface area contributed by atoms with Gasteiger partial charge in [0.1, 0.15) is 11.6 Å². The lowest BCUT2D eigenvalue weighted by atomic mass is 10.1. The number of fused-ring (bicyclic) bond motifs is 1. The second kappa shape index (κ2) is 9.62. The first-order valence-corrected chi connectivity index (χ1v) is 11.2. The zero-order chi connectivity index (χ0) is 20.9. The van der Waals surface area contributed by atoms with E-state index in [9.17, 15) is 4.79 Å². The summed E-state index contributed by atoms with van der Waals surface area (Å²) in [6, 6.07) is 22.8. The molecule has 0 aliphatic heterocycles. The van der Waals surface area contributed by atoms with Crippen LogP contribution in [0.1, 0.15) is 12.8 Å². The average Bonchev–Trinajstić information content (AvgIpc) is 2.76. The van der Waals surface area contributed by atoms with Crippen molar-refractivity contribution in [2.24, 2.45) is 0 Å². The molecule has 4 nitrogen and oxygen atoms in total. The van der Waals surface area contributed by atoms with Crippen LogP contribution in [-0.2, 0) is 6.54 Å². The van der Waals surface area contributed by atoms with Crippen LogP contribution in [0.5, 0.6) is 5.75 Å². The fraction of sp³-hybridized carbons (Fsp3) is 0.167. The van der Waals surface area contributed by atoms with E-state index in [1.807, 2.05) is 72.8 Å². The van der Waals surface area contributed by atoms with Crippen molar-refractivity contribution in [1.82, 2.24) is 9.55 Å². The van der Waals surface area contributed by atoms with E-state index < -0.39 is 0 Å². The topological polar surface area (TPSA) is 44.1 Å². The molecule has 1 heterocycles. The SMILES string of the molecule is O=c1c2ccccc2nc(-c2ccc(Cl)cc2)n1CCCCOc1ccccc1I. The van der Waals surface area contributed by atoms with E-state index in [2.05, 4.69) is 22.6 Å². The van der Waals surface area contributed by atoms with E-state index in [-0.39, 0.29) is 5.56 Å². The second-order valence-electron chi connectivity index (χ2n) is 6.90. The van der Waals surface area contributed by atoms with Crippen LogP contribution < -0.4 is 10.3 Å². The summed E-state index contributed by atoms with van der Waals surface area (Å²) in [5.74, 6) is 1.55. The summed E-state index contributed by atoms with van der Waals surface area (Å²) in [5, 5.41) is 1.28. The van der Waals surface area contributed by atoms with Crippen LogP contribution in [0.15, 0.2) is 77.6 Å². The Bertz CT molecular complexity index is 1220. The smallest absolute Gasteiger partial charge is 0.261 e. The van der Waals surface area contributed by atoms with Crippen LogP contribution in [0, 0.1) is 3.57 Å². The minimum absolute atomic E-state index is 0.0240. The van der Waals surface area contributed by atoms with Crippen molar-refractivity contribution in [1.29, 1.82) is 0 Å². The summed E-state index contributed by atoms with van der Waals surface area (Å²) in [4.78, 5) is 18.0. The summed E-state index contributed by atoms with van der Waals surface area (Å²) in [6.45, 7) is 1.18. The molecule has 0 unspecified atom stereocenters. The Balaban J connectivity index is 1.55. The van der Waals surface area contributed by atoms with Gasteiger partial charge in [-0.25, -0.2) is 4.98 Å². The van der Waals surface area contributed by atoms with Gasteiger partial charge in [0.15, 0.2) is 0 Å². The molecule has 152 valence electrons. The number of unbranched alkanes of at least 4 members (excludes halogenated alkanes) is 1. The first kappa shape index (κ1) is 20.9. The van der Waals surface area contributed by atoms with Crippen LogP contribution in [0.4, 0.5) is 0 Å². The zero-order valence-corrected chi connectivity index (χ0v) is 19.1. The fourth-order valence-electron chi connectivity index (χ4n) is 3.31. The van der Waals surface area contributed by atoms with Crippen molar-refractivity contribution in [2.45, 2.75) is 19.4 Å². The molecule has 4 rings (SSSR count). The molecule has 0 aliphatic carbocycles. The maximum absolute atomic E-state index is 13.2. The van der Waals surface area contributed by atoms with Crippen molar-refractivity contribution in [3.05, 3.63) is 91.7 Å². The van der Waals surface area contributed by atoms with Crippen LogP contribution in [-0.4, -0.2) is 16.2 Å². The molecule has 3 aromatic carbocycles. The minimum atomic E-state index is -0.0240. The highest BCUT2D eigenvalue weighted by Gasteiger charge is 2.12. The van der Waals surface area contributed by atoms with Gasteiger partial charge < -0.3 is 4.74 Å². The molecule has 0 fully saturated rings. The molecule has 0 radical (unpaired) electrons. The molecule has 0 amide bonds. The molecule has 0 aliphatic rings. The average molecular weight is 531 g/mol. The Labute approximate surface area is 193 Å². The molecular weight excluding hydrogens is 511 g/mol. The number of hydrogen-bond acceptors (Lipinski definition) is 3. The summed E-state index contributed by atoms with van der Waals surface area (Å²) in [7, 11) is 0. The Morgan fingerprint density at radius 2 is 1.67 bits per heavy atom. The lowest BCUT2D eigenvalue weighted by molar-refractivity contribution is 0.301. The number of nitrogens with zero attached hydrogens (tertiary/aromatic N) is 2. The minimum Gasteiger partial charge on any atom is -0.492 e. The van der Waals surface area contributed by atoms with Crippen molar-refractivity contribution in [3.63, 3.8) is 0 Å². The van der Waals surface area contributed by atoms with Crippen molar-refractivity contribution in [2.75, 3.05) is 6.61 Å². The van der Waals surface area contributed by atoms with Gasteiger partial charge in [0.25, 0.3) is 5.56 Å². The Kier molecular flexibility index (Phi) is 6.69. The number of ether oxygens (including phenoxy) is 1. The molecule has 0 saturated heterocycles. The Morgan fingerprint density at radius 3 is 2.47 bits per heavy atom. The van der Waals surface area contributed by atoms with E-state index in [0.29, 0.717) is 34.9 Å². The monoisotopic (exact) mass is 530 g/mol. The summed E-state index contributed by atoms with van der Waals surface area (Å²) in [5.41, 5.74) is 1.55. The quantitative estimate of drug-likeness (QED) is 0.212. The normalized spacial score (nSPS) is 11.0. The van der Waals surface area contributed by atoms with E-state index in [0.717, 1.165) is 27.7 Å². The third kappa shape index (κ3) is 4.68. The van der Waals surface area contributed by atoms with E-state index in [1.54, 1.807) is 4.57 Å². The van der Waals surface area contributed by atoms with E-state index >= 15 is 0 Å². The molecule has 30 heavy (non-hydrogen) atoms. The molecular formula is C24H20ClIN2O2. The van der Waals surface area contributed by atoms with Crippen LogP contribution in [0.25, 0.3) is 22.3 Å². The molecule has 1 aromatic heterocycles. The van der Waals surface area contributed by atoms with E-state index in [1.165, 1.54) is 0 Å². The molecule has 0 N–H and O–H groups in total. The Hall–Kier alpha value is -2.38. The van der Waals surface area contributed by atoms with Crippen molar-refractivity contribution >= 4 is 45.1 Å². The number of aromatic nitrogens is 2. The second-order valence-corrected chi connectivity index (χ2v) is 8.50. The summed E-state index contributed by atoms with van der Waals surface area (Å²) < 4.78 is 8.73. The molecule has 0 atom stereocenters.